The number of rotatable bonds is 2. The fourth-order valence-corrected chi connectivity index (χ4v) is 3.92. The zero-order chi connectivity index (χ0) is 9.80. The van der Waals surface area contributed by atoms with Crippen LogP contribution >= 0.6 is 0 Å². The number of allylic oxidation sites excluding steroid dienone is 10. The van der Waals surface area contributed by atoms with E-state index in [4.69, 9.17) is 0 Å². The Kier molecular flexibility index (Phi) is 3.51. The van der Waals surface area contributed by atoms with Gasteiger partial charge in [-0.3, -0.25) is 0 Å². The molecule has 2 rings (SSSR count). The first-order valence-electron chi connectivity index (χ1n) is 4.71. The van der Waals surface area contributed by atoms with Crippen LogP contribution in [0.5, 0.6) is 0 Å². The fourth-order valence-electron chi connectivity index (χ4n) is 1.56. The van der Waals surface area contributed by atoms with Crippen molar-refractivity contribution in [2.75, 3.05) is 0 Å². The van der Waals surface area contributed by atoms with E-state index in [1.165, 1.54) is 16.3 Å². The van der Waals surface area contributed by atoms with Gasteiger partial charge in [0.05, 0.1) is 0 Å². The Morgan fingerprint density at radius 1 is 1.14 bits per heavy atom. The summed E-state index contributed by atoms with van der Waals surface area (Å²) in [5.74, 6) is 0. The molecule has 0 unspecified atom stereocenters. The molecule has 0 spiro atoms. The molecule has 0 saturated carbocycles. The van der Waals surface area contributed by atoms with Crippen molar-refractivity contribution in [3.63, 3.8) is 0 Å². The molecule has 0 radical (unpaired) electrons. The van der Waals surface area contributed by atoms with Crippen LogP contribution < -0.4 is 0 Å². The summed E-state index contributed by atoms with van der Waals surface area (Å²) in [5, 5.41) is 1.53. The predicted molar refractivity (Wildman–Crippen MR) is 57.5 cm³/mol. The summed E-state index contributed by atoms with van der Waals surface area (Å²) in [5.41, 5.74) is 2.78. The quantitative estimate of drug-likeness (QED) is 0.653. The molecule has 2 aliphatic carbocycles. The molecule has 0 saturated heterocycles. The Bertz CT molecular complexity index is 428. The van der Waals surface area contributed by atoms with Gasteiger partial charge in [0.25, 0.3) is 0 Å². The molecular weight excluding hydrogens is 362 g/mol. The zero-order valence-electron chi connectivity index (χ0n) is 7.81. The molecule has 0 aliphatic heterocycles. The normalized spacial score (nSPS) is 19.6. The van der Waals surface area contributed by atoms with Gasteiger partial charge in [0, 0.05) is 0 Å². The van der Waals surface area contributed by atoms with E-state index < -0.39 is 0 Å². The monoisotopic (exact) mass is 375 g/mol. The first-order chi connectivity index (χ1) is 6.90. The van der Waals surface area contributed by atoms with Crippen molar-refractivity contribution in [2.24, 2.45) is 0 Å². The van der Waals surface area contributed by atoms with Gasteiger partial charge in [-0.2, -0.15) is 0 Å². The summed E-state index contributed by atoms with van der Waals surface area (Å²) in [6, 6.07) is 0. The molecule has 0 aromatic rings. The second kappa shape index (κ2) is 4.87. The first kappa shape index (κ1) is 10.1. The van der Waals surface area contributed by atoms with Gasteiger partial charge in [0.2, 0.25) is 0 Å². The molecule has 71 valence electrons. The van der Waals surface area contributed by atoms with Crippen LogP contribution in [0.3, 0.4) is 0 Å². The van der Waals surface area contributed by atoms with Gasteiger partial charge < -0.3 is 0 Å². The van der Waals surface area contributed by atoms with Crippen LogP contribution in [0, 0.1) is 0 Å². The van der Waals surface area contributed by atoms with Crippen LogP contribution in [0.1, 0.15) is 12.8 Å². The molecule has 0 fully saturated rings. The minimum absolute atomic E-state index is 0.944. The van der Waals surface area contributed by atoms with E-state index in [0.717, 1.165) is 19.8 Å². The van der Waals surface area contributed by atoms with Gasteiger partial charge in [-0.05, 0) is 0 Å². The molecular formula is C12H11OsSi. The standard InChI is InChI=1S/C12H11Si.Os/c13-12-7-3-6-11(12)9-8-10-4-1-2-5-10;/h1,4-9H,2-3H2;. The molecule has 0 heterocycles. The SMILES string of the molecule is [Os]#[Si]C1=CCC=C1C=CC1=CCC=C1. The molecule has 0 amide bonds. The van der Waals surface area contributed by atoms with E-state index in [0.29, 0.717) is 0 Å². The third-order valence-electron chi connectivity index (χ3n) is 2.32. The molecule has 0 aromatic carbocycles. The number of hydrogen-bond donors (Lipinski definition) is 0. The second-order valence-electron chi connectivity index (χ2n) is 3.28. The van der Waals surface area contributed by atoms with E-state index in [-0.39, 0.29) is 0 Å². The maximum absolute atomic E-state index is 2.34. The van der Waals surface area contributed by atoms with Crippen molar-refractivity contribution < 1.29 is 17.2 Å². The van der Waals surface area contributed by atoms with E-state index in [1.54, 1.807) is 0 Å². The Balaban J connectivity index is 2.09. The van der Waals surface area contributed by atoms with Crippen molar-refractivity contribution in [3.8, 4) is 0 Å². The molecule has 2 heteroatoms. The molecule has 0 N–H and O–H groups in total. The van der Waals surface area contributed by atoms with Gasteiger partial charge in [-0.25, -0.2) is 0 Å². The Labute approximate surface area is 95.8 Å². The Morgan fingerprint density at radius 3 is 2.79 bits per heavy atom. The van der Waals surface area contributed by atoms with E-state index in [2.05, 4.69) is 59.7 Å². The third kappa shape index (κ3) is 2.32. The van der Waals surface area contributed by atoms with E-state index >= 15 is 0 Å². The van der Waals surface area contributed by atoms with Crippen molar-refractivity contribution in [2.45, 2.75) is 12.8 Å². The van der Waals surface area contributed by atoms with Gasteiger partial charge in [-0.15, -0.1) is 0 Å². The van der Waals surface area contributed by atoms with E-state index in [1.807, 2.05) is 0 Å². The van der Waals surface area contributed by atoms with Crippen LogP contribution in [0.25, 0.3) is 0 Å². The van der Waals surface area contributed by atoms with Crippen molar-refractivity contribution in [1.82, 2.24) is 0 Å². The van der Waals surface area contributed by atoms with Crippen LogP contribution in [0.2, 0.25) is 0 Å². The summed E-state index contributed by atoms with van der Waals surface area (Å²) in [4.78, 5) is 0. The topological polar surface area (TPSA) is 0 Å². The van der Waals surface area contributed by atoms with Crippen molar-refractivity contribution in [1.29, 1.82) is 0 Å². The van der Waals surface area contributed by atoms with E-state index in [9.17, 15) is 0 Å². The van der Waals surface area contributed by atoms with Crippen LogP contribution in [0.4, 0.5) is 0 Å². The molecule has 0 atom stereocenters. The number of hydrogen-bond acceptors (Lipinski definition) is 0. The van der Waals surface area contributed by atoms with Crippen molar-refractivity contribution >= 4 is 7.00 Å². The zero-order valence-corrected chi connectivity index (χ0v) is 11.3. The summed E-state index contributed by atoms with van der Waals surface area (Å²) in [7, 11) is 0. The Hall–Kier alpha value is -0.447. The molecule has 14 heavy (non-hydrogen) atoms. The third-order valence-corrected chi connectivity index (χ3v) is 5.06. The van der Waals surface area contributed by atoms with Gasteiger partial charge >= 0.3 is 95.9 Å². The minimum atomic E-state index is 0.944. The summed E-state index contributed by atoms with van der Waals surface area (Å²) < 4.78 is 0. The average Bonchev–Trinajstić information content (AvgIpc) is 2.85. The van der Waals surface area contributed by atoms with Gasteiger partial charge in [-0.1, -0.05) is 0 Å². The van der Waals surface area contributed by atoms with Crippen LogP contribution in [-0.2, 0) is 17.2 Å². The van der Waals surface area contributed by atoms with Gasteiger partial charge in [0.1, 0.15) is 0 Å². The van der Waals surface area contributed by atoms with Crippen LogP contribution in [-0.4, -0.2) is 7.00 Å². The second-order valence-corrected chi connectivity index (χ2v) is 5.90. The molecule has 0 nitrogen and oxygen atoms in total. The molecule has 2 aliphatic rings. The van der Waals surface area contributed by atoms with Crippen LogP contribution in [0.15, 0.2) is 58.9 Å². The summed E-state index contributed by atoms with van der Waals surface area (Å²) in [6.45, 7) is 0.944. The summed E-state index contributed by atoms with van der Waals surface area (Å²) in [6.07, 6.45) is 18.0. The summed E-state index contributed by atoms with van der Waals surface area (Å²) >= 11 is 2.05. The Morgan fingerprint density at radius 2 is 2.07 bits per heavy atom. The average molecular weight is 374 g/mol. The van der Waals surface area contributed by atoms with Crippen molar-refractivity contribution in [3.05, 3.63) is 58.9 Å². The molecule has 0 bridgehead atoms. The molecule has 0 aromatic heterocycles. The van der Waals surface area contributed by atoms with Gasteiger partial charge in [0.15, 0.2) is 0 Å². The predicted octanol–water partition coefficient (Wildman–Crippen LogP) is 2.81. The maximum atomic E-state index is 2.34. The fraction of sp³-hybridized carbons (Fsp3) is 0.167. The first-order valence-corrected chi connectivity index (χ1v) is 9.37.